The summed E-state index contributed by atoms with van der Waals surface area (Å²) in [5.41, 5.74) is 0. The molecule has 0 aromatic heterocycles. The van der Waals surface area contributed by atoms with Gasteiger partial charge in [0, 0.05) is 0 Å². The summed E-state index contributed by atoms with van der Waals surface area (Å²) in [6, 6.07) is 0. The van der Waals surface area contributed by atoms with Crippen molar-refractivity contribution in [2.45, 2.75) is 0 Å². The zero-order valence-electron chi connectivity index (χ0n) is 4.00. The van der Waals surface area contributed by atoms with Crippen molar-refractivity contribution in [1.29, 1.82) is 0 Å². The molecule has 0 aliphatic heterocycles. The zero-order chi connectivity index (χ0) is 5.70. The van der Waals surface area contributed by atoms with Crippen LogP contribution in [0.15, 0.2) is 0 Å². The summed E-state index contributed by atoms with van der Waals surface area (Å²) in [5, 5.41) is 8.83. The first kappa shape index (κ1) is 6.80. The van der Waals surface area contributed by atoms with Crippen LogP contribution in [0.5, 0.6) is 0 Å². The molecule has 5 heteroatoms. The first-order chi connectivity index (χ1) is 3.35. The topological polar surface area (TPSA) is 68.0 Å². The van der Waals surface area contributed by atoms with Gasteiger partial charge in [-0.3, -0.25) is 4.84 Å². The molecule has 0 unspecified atom stereocenters. The Morgan fingerprint density at radius 2 is 2.43 bits per heavy atom. The maximum atomic E-state index is 8.12. The van der Waals surface area contributed by atoms with E-state index >= 15 is 0 Å². The molecular weight excluding hydrogens is 100 g/mol. The molecule has 0 heterocycles. The summed E-state index contributed by atoms with van der Waals surface area (Å²) in [6.45, 7) is -0.382. The van der Waals surface area contributed by atoms with Crippen LogP contribution in [0.2, 0.25) is 0 Å². The quantitative estimate of drug-likeness (QED) is 0.344. The highest BCUT2D eigenvalue weighted by atomic mass is 17.0. The summed E-state index contributed by atoms with van der Waals surface area (Å²) in [6.07, 6.45) is 0. The van der Waals surface area contributed by atoms with Crippen molar-refractivity contribution in [3.63, 3.8) is 0 Å². The molecule has 5 nitrogen and oxygen atoms in total. The number of aliphatic hydroxyl groups is 1. The van der Waals surface area contributed by atoms with Gasteiger partial charge >= 0.3 is 0 Å². The molecule has 0 fully saturated rings. The van der Waals surface area contributed by atoms with E-state index in [9.17, 15) is 0 Å². The van der Waals surface area contributed by atoms with Crippen molar-refractivity contribution in [2.75, 3.05) is 13.8 Å². The molecule has 44 valence electrons. The van der Waals surface area contributed by atoms with Gasteiger partial charge < -0.3 is 5.11 Å². The number of hydroxylamine groups is 2. The van der Waals surface area contributed by atoms with E-state index in [2.05, 4.69) is 15.7 Å². The van der Waals surface area contributed by atoms with Gasteiger partial charge in [-0.2, -0.15) is 10.8 Å². The van der Waals surface area contributed by atoms with Gasteiger partial charge in [0.15, 0.2) is 0 Å². The van der Waals surface area contributed by atoms with Crippen LogP contribution in [0, 0.1) is 0 Å². The van der Waals surface area contributed by atoms with E-state index in [0.717, 1.165) is 0 Å². The van der Waals surface area contributed by atoms with E-state index in [1.165, 1.54) is 7.11 Å². The Labute approximate surface area is 41.1 Å². The minimum absolute atomic E-state index is 0.382. The second-order valence-corrected chi connectivity index (χ2v) is 0.762. The predicted octanol–water partition coefficient (Wildman–Crippen LogP) is -1.40. The number of nitrogens with zero attached hydrogens (tertiary/aromatic N) is 1. The molecule has 0 aliphatic carbocycles. The normalized spacial score (nSPS) is 10.3. The largest absolute Gasteiger partial charge is 0.376 e. The zero-order valence-corrected chi connectivity index (χ0v) is 4.00. The van der Waals surface area contributed by atoms with Crippen molar-refractivity contribution in [2.24, 2.45) is 5.90 Å². The van der Waals surface area contributed by atoms with E-state index in [0.29, 0.717) is 5.23 Å². The van der Waals surface area contributed by atoms with E-state index < -0.39 is 0 Å². The molecule has 0 aromatic carbocycles. The van der Waals surface area contributed by atoms with Crippen molar-refractivity contribution < 1.29 is 14.9 Å². The molecule has 7 heavy (non-hydrogen) atoms. The SMILES string of the molecule is CON(CO)ON. The third kappa shape index (κ3) is 2.49. The van der Waals surface area contributed by atoms with Gasteiger partial charge in [-0.1, -0.05) is 0 Å². The van der Waals surface area contributed by atoms with Gasteiger partial charge in [0.2, 0.25) is 0 Å². The lowest BCUT2D eigenvalue weighted by Gasteiger charge is -2.09. The summed E-state index contributed by atoms with van der Waals surface area (Å²) in [4.78, 5) is 8.19. The fourth-order valence-corrected chi connectivity index (χ4v) is 0.134. The minimum Gasteiger partial charge on any atom is -0.376 e. The number of rotatable bonds is 3. The highest BCUT2D eigenvalue weighted by Crippen LogP contribution is 1.78. The molecule has 0 atom stereocenters. The van der Waals surface area contributed by atoms with Gasteiger partial charge in [-0.15, -0.1) is 0 Å². The van der Waals surface area contributed by atoms with Crippen LogP contribution in [0.1, 0.15) is 0 Å². The maximum absolute atomic E-state index is 8.12. The smallest absolute Gasteiger partial charge is 0.148 e. The first-order valence-electron chi connectivity index (χ1n) is 1.64. The molecule has 0 aliphatic rings. The molecule has 0 saturated carbocycles. The van der Waals surface area contributed by atoms with E-state index in [1.807, 2.05) is 0 Å². The molecule has 0 bridgehead atoms. The molecule has 0 rings (SSSR count). The van der Waals surface area contributed by atoms with Crippen LogP contribution in [-0.2, 0) is 9.78 Å². The van der Waals surface area contributed by atoms with Crippen LogP contribution >= 0.6 is 0 Å². The van der Waals surface area contributed by atoms with E-state index in [1.54, 1.807) is 0 Å². The summed E-state index contributed by atoms with van der Waals surface area (Å²) >= 11 is 0. The highest BCUT2D eigenvalue weighted by molar-refractivity contribution is 3.94. The Morgan fingerprint density at radius 1 is 1.86 bits per heavy atom. The van der Waals surface area contributed by atoms with Crippen LogP contribution in [-0.4, -0.2) is 24.2 Å². The number of nitrogens with two attached hydrogens (primary N) is 1. The fourth-order valence-electron chi connectivity index (χ4n) is 0.134. The van der Waals surface area contributed by atoms with Gasteiger partial charge in [-0.25, -0.2) is 0 Å². The monoisotopic (exact) mass is 108 g/mol. The van der Waals surface area contributed by atoms with E-state index in [4.69, 9.17) is 5.11 Å². The van der Waals surface area contributed by atoms with Crippen molar-refractivity contribution in [3.8, 4) is 0 Å². The Morgan fingerprint density at radius 3 is 2.43 bits per heavy atom. The van der Waals surface area contributed by atoms with Crippen LogP contribution < -0.4 is 5.90 Å². The van der Waals surface area contributed by atoms with Crippen LogP contribution in [0.25, 0.3) is 0 Å². The van der Waals surface area contributed by atoms with Crippen LogP contribution in [0.3, 0.4) is 0 Å². The number of hydrogen-bond acceptors (Lipinski definition) is 5. The highest BCUT2D eigenvalue weighted by Gasteiger charge is 1.93. The number of hydrogen-bond donors (Lipinski definition) is 2. The lowest BCUT2D eigenvalue weighted by molar-refractivity contribution is -0.382. The molecule has 0 amide bonds. The second-order valence-electron chi connectivity index (χ2n) is 0.762. The predicted molar refractivity (Wildman–Crippen MR) is 21.2 cm³/mol. The third-order valence-electron chi connectivity index (χ3n) is 0.437. The van der Waals surface area contributed by atoms with Gasteiger partial charge in [-0.05, 0) is 5.23 Å². The van der Waals surface area contributed by atoms with Gasteiger partial charge in [0.05, 0.1) is 7.11 Å². The lowest BCUT2D eigenvalue weighted by Crippen LogP contribution is -2.26. The standard InChI is InChI=1S/C2H8N2O3/c1-6-4(2-5)7-3/h5H,2-3H2,1H3. The Hall–Kier alpha value is -0.200. The van der Waals surface area contributed by atoms with E-state index in [-0.39, 0.29) is 6.73 Å². The fraction of sp³-hybridized carbons (Fsp3) is 1.00. The Kier molecular flexibility index (Phi) is 3.86. The Balaban J connectivity index is 2.99. The first-order valence-corrected chi connectivity index (χ1v) is 1.64. The summed E-state index contributed by atoms with van der Waals surface area (Å²) in [7, 11) is 1.32. The van der Waals surface area contributed by atoms with Gasteiger partial charge in [0.1, 0.15) is 6.73 Å². The average molecular weight is 108 g/mol. The van der Waals surface area contributed by atoms with Crippen molar-refractivity contribution >= 4 is 0 Å². The van der Waals surface area contributed by atoms with Gasteiger partial charge in [0.25, 0.3) is 0 Å². The minimum atomic E-state index is -0.382. The molecule has 0 aromatic rings. The summed E-state index contributed by atoms with van der Waals surface area (Å²) in [5.74, 6) is 4.53. The third-order valence-corrected chi connectivity index (χ3v) is 0.437. The Bertz CT molecular complexity index is 32.4. The molecule has 0 radical (unpaired) electrons. The second kappa shape index (κ2) is 3.97. The average Bonchev–Trinajstić information content (AvgIpc) is 1.72. The summed E-state index contributed by atoms with van der Waals surface area (Å²) < 4.78 is 0. The van der Waals surface area contributed by atoms with Crippen LogP contribution in [0.4, 0.5) is 0 Å². The lowest BCUT2D eigenvalue weighted by atomic mass is 11.3. The number of aliphatic hydroxyl groups excluding tert-OH is 1. The molecule has 0 spiro atoms. The van der Waals surface area contributed by atoms with Crippen molar-refractivity contribution in [1.82, 2.24) is 5.23 Å². The molecule has 0 saturated heterocycles. The van der Waals surface area contributed by atoms with Crippen molar-refractivity contribution in [3.05, 3.63) is 0 Å². The molecule has 3 N–H and O–H groups in total. The molecular formula is C2H8N2O3. The maximum Gasteiger partial charge on any atom is 0.148 e.